The molecule has 2 amide bonds. The summed E-state index contributed by atoms with van der Waals surface area (Å²) in [6.07, 6.45) is 3.31. The maximum absolute atomic E-state index is 12.2. The number of benzene rings is 1. The summed E-state index contributed by atoms with van der Waals surface area (Å²) < 4.78 is 0. The summed E-state index contributed by atoms with van der Waals surface area (Å²) in [5.74, 6) is 1.20. The van der Waals surface area contributed by atoms with Gasteiger partial charge in [0, 0.05) is 23.7 Å². The number of hydrogen-bond donors (Lipinski definition) is 3. The van der Waals surface area contributed by atoms with Gasteiger partial charge in [0.15, 0.2) is 0 Å². The van der Waals surface area contributed by atoms with Crippen LogP contribution in [0.15, 0.2) is 24.3 Å². The molecule has 2 aliphatic rings. The van der Waals surface area contributed by atoms with E-state index in [2.05, 4.69) is 22.9 Å². The van der Waals surface area contributed by atoms with E-state index in [1.807, 2.05) is 0 Å². The van der Waals surface area contributed by atoms with Crippen LogP contribution >= 0.6 is 12.4 Å². The Kier molecular flexibility index (Phi) is 6.63. The largest absolute Gasteiger partial charge is 0.352 e. The molecule has 1 saturated heterocycles. The van der Waals surface area contributed by atoms with Gasteiger partial charge in [0.2, 0.25) is 5.91 Å². The molecule has 0 aromatic heterocycles. The standard InChI is InChI=1S/C18H25N3O2.ClH/c1-12-9-16(12)18(23)21-15-6-4-14(5-7-15)17(22)20-11-13-3-2-8-19-10-13;/h4-7,12-13,16,19H,2-3,8-11H2,1H3,(H,20,22)(H,21,23);1H. The van der Waals surface area contributed by atoms with Crippen LogP contribution in [-0.4, -0.2) is 31.4 Å². The lowest BCUT2D eigenvalue weighted by Gasteiger charge is -2.22. The van der Waals surface area contributed by atoms with Crippen LogP contribution in [0.3, 0.4) is 0 Å². The van der Waals surface area contributed by atoms with Crippen LogP contribution in [0.25, 0.3) is 0 Å². The summed E-state index contributed by atoms with van der Waals surface area (Å²) in [6, 6.07) is 7.12. The lowest BCUT2D eigenvalue weighted by Crippen LogP contribution is -2.38. The van der Waals surface area contributed by atoms with E-state index in [0.29, 0.717) is 23.9 Å². The molecule has 132 valence electrons. The van der Waals surface area contributed by atoms with Gasteiger partial charge >= 0.3 is 0 Å². The zero-order valence-electron chi connectivity index (χ0n) is 14.0. The van der Waals surface area contributed by atoms with Gasteiger partial charge in [-0.2, -0.15) is 0 Å². The van der Waals surface area contributed by atoms with Gasteiger partial charge in [0.05, 0.1) is 0 Å². The third kappa shape index (κ3) is 4.95. The second kappa shape index (κ2) is 8.49. The highest BCUT2D eigenvalue weighted by Crippen LogP contribution is 2.38. The number of hydrogen-bond acceptors (Lipinski definition) is 3. The predicted molar refractivity (Wildman–Crippen MR) is 97.5 cm³/mol. The van der Waals surface area contributed by atoms with Crippen molar-refractivity contribution in [1.82, 2.24) is 10.6 Å². The van der Waals surface area contributed by atoms with Gasteiger partial charge in [-0.05, 0) is 68.5 Å². The average Bonchev–Trinajstić information content (AvgIpc) is 3.31. The molecule has 3 unspecified atom stereocenters. The average molecular weight is 352 g/mol. The summed E-state index contributed by atoms with van der Waals surface area (Å²) in [6.45, 7) is 4.85. The van der Waals surface area contributed by atoms with Crippen LogP contribution < -0.4 is 16.0 Å². The van der Waals surface area contributed by atoms with Gasteiger partial charge in [-0.15, -0.1) is 12.4 Å². The molecular formula is C18H26ClN3O2. The summed E-state index contributed by atoms with van der Waals surface area (Å²) in [5, 5.41) is 9.25. The number of nitrogens with one attached hydrogen (secondary N) is 3. The number of anilines is 1. The first-order valence-electron chi connectivity index (χ1n) is 8.53. The van der Waals surface area contributed by atoms with E-state index < -0.39 is 0 Å². The summed E-state index contributed by atoms with van der Waals surface area (Å²) >= 11 is 0. The molecule has 0 radical (unpaired) electrons. The Hall–Kier alpha value is -1.59. The smallest absolute Gasteiger partial charge is 0.251 e. The molecule has 6 heteroatoms. The molecule has 24 heavy (non-hydrogen) atoms. The van der Waals surface area contributed by atoms with E-state index in [0.717, 1.165) is 31.6 Å². The Balaban J connectivity index is 0.00000208. The van der Waals surface area contributed by atoms with Crippen LogP contribution in [0, 0.1) is 17.8 Å². The van der Waals surface area contributed by atoms with Crippen LogP contribution in [0.4, 0.5) is 5.69 Å². The van der Waals surface area contributed by atoms with Crippen molar-refractivity contribution in [2.24, 2.45) is 17.8 Å². The Morgan fingerprint density at radius 2 is 1.96 bits per heavy atom. The molecule has 1 aromatic carbocycles. The minimum atomic E-state index is -0.0516. The lowest BCUT2D eigenvalue weighted by atomic mass is 9.99. The Morgan fingerprint density at radius 3 is 2.54 bits per heavy atom. The SMILES string of the molecule is CC1CC1C(=O)Nc1ccc(C(=O)NCC2CCCNC2)cc1.Cl. The van der Waals surface area contributed by atoms with Gasteiger partial charge in [0.1, 0.15) is 0 Å². The first-order chi connectivity index (χ1) is 11.1. The zero-order chi connectivity index (χ0) is 16.2. The molecule has 2 fully saturated rings. The van der Waals surface area contributed by atoms with E-state index in [1.54, 1.807) is 24.3 Å². The molecule has 1 saturated carbocycles. The van der Waals surface area contributed by atoms with E-state index in [1.165, 1.54) is 6.42 Å². The predicted octanol–water partition coefficient (Wildman–Crippen LogP) is 2.43. The zero-order valence-corrected chi connectivity index (χ0v) is 14.8. The van der Waals surface area contributed by atoms with E-state index in [9.17, 15) is 9.59 Å². The second-order valence-electron chi connectivity index (χ2n) is 6.81. The third-order valence-electron chi connectivity index (χ3n) is 4.81. The molecular weight excluding hydrogens is 326 g/mol. The maximum Gasteiger partial charge on any atom is 0.251 e. The number of halogens is 1. The topological polar surface area (TPSA) is 70.2 Å². The van der Waals surface area contributed by atoms with Crippen molar-refractivity contribution in [2.75, 3.05) is 25.0 Å². The van der Waals surface area contributed by atoms with E-state index in [-0.39, 0.29) is 30.1 Å². The first-order valence-corrected chi connectivity index (χ1v) is 8.53. The van der Waals surface area contributed by atoms with Gasteiger partial charge < -0.3 is 16.0 Å². The van der Waals surface area contributed by atoms with Crippen molar-refractivity contribution in [1.29, 1.82) is 0 Å². The molecule has 1 aliphatic heterocycles. The van der Waals surface area contributed by atoms with Crippen molar-refractivity contribution >= 4 is 29.9 Å². The Bertz CT molecular complexity index is 570. The number of carbonyl (C=O) groups excluding carboxylic acids is 2. The summed E-state index contributed by atoms with van der Waals surface area (Å²) in [7, 11) is 0. The van der Waals surface area contributed by atoms with Crippen molar-refractivity contribution < 1.29 is 9.59 Å². The second-order valence-corrected chi connectivity index (χ2v) is 6.81. The van der Waals surface area contributed by atoms with Crippen molar-refractivity contribution in [2.45, 2.75) is 26.2 Å². The van der Waals surface area contributed by atoms with Crippen LogP contribution in [0.1, 0.15) is 36.5 Å². The van der Waals surface area contributed by atoms with Crippen molar-refractivity contribution in [3.63, 3.8) is 0 Å². The molecule has 0 bridgehead atoms. The Morgan fingerprint density at radius 1 is 1.25 bits per heavy atom. The van der Waals surface area contributed by atoms with Crippen LogP contribution in [-0.2, 0) is 4.79 Å². The summed E-state index contributed by atoms with van der Waals surface area (Å²) in [4.78, 5) is 24.0. The Labute approximate surface area is 149 Å². The first kappa shape index (κ1) is 18.7. The van der Waals surface area contributed by atoms with Gasteiger partial charge in [-0.3, -0.25) is 9.59 Å². The molecule has 3 rings (SSSR count). The van der Waals surface area contributed by atoms with Crippen molar-refractivity contribution in [3.8, 4) is 0 Å². The summed E-state index contributed by atoms with van der Waals surface area (Å²) in [5.41, 5.74) is 1.38. The number of amides is 2. The molecule has 0 spiro atoms. The fraction of sp³-hybridized carbons (Fsp3) is 0.556. The van der Waals surface area contributed by atoms with E-state index >= 15 is 0 Å². The van der Waals surface area contributed by atoms with Gasteiger partial charge in [-0.25, -0.2) is 0 Å². The van der Waals surface area contributed by atoms with E-state index in [4.69, 9.17) is 0 Å². The lowest BCUT2D eigenvalue weighted by molar-refractivity contribution is -0.117. The minimum absolute atomic E-state index is 0. The number of carbonyl (C=O) groups is 2. The van der Waals surface area contributed by atoms with Gasteiger partial charge in [0.25, 0.3) is 5.91 Å². The monoisotopic (exact) mass is 351 g/mol. The fourth-order valence-corrected chi connectivity index (χ4v) is 3.06. The molecule has 1 aromatic rings. The normalized spacial score (nSPS) is 25.3. The highest BCUT2D eigenvalue weighted by molar-refractivity contribution is 5.96. The van der Waals surface area contributed by atoms with Crippen molar-refractivity contribution in [3.05, 3.63) is 29.8 Å². The fourth-order valence-electron chi connectivity index (χ4n) is 3.06. The highest BCUT2D eigenvalue weighted by atomic mass is 35.5. The molecule has 3 atom stereocenters. The molecule has 3 N–H and O–H groups in total. The number of piperidine rings is 1. The number of rotatable bonds is 5. The van der Waals surface area contributed by atoms with Gasteiger partial charge in [-0.1, -0.05) is 6.92 Å². The third-order valence-corrected chi connectivity index (χ3v) is 4.81. The maximum atomic E-state index is 12.2. The molecule has 1 heterocycles. The van der Waals surface area contributed by atoms with Crippen LogP contribution in [0.5, 0.6) is 0 Å². The van der Waals surface area contributed by atoms with Crippen LogP contribution in [0.2, 0.25) is 0 Å². The molecule has 1 aliphatic carbocycles. The highest BCUT2D eigenvalue weighted by Gasteiger charge is 2.39. The molecule has 5 nitrogen and oxygen atoms in total. The quantitative estimate of drug-likeness (QED) is 0.763. The minimum Gasteiger partial charge on any atom is -0.352 e.